The van der Waals surface area contributed by atoms with Gasteiger partial charge in [-0.05, 0) is 48.7 Å². The number of nitrogens with zero attached hydrogens (tertiary/aromatic N) is 2. The highest BCUT2D eigenvalue weighted by atomic mass is 35.5. The topological polar surface area (TPSA) is 87.7 Å². The summed E-state index contributed by atoms with van der Waals surface area (Å²) < 4.78 is 0. The van der Waals surface area contributed by atoms with Gasteiger partial charge in [-0.15, -0.1) is 0 Å². The molecular formula is C26H23ClN4O2. The molecule has 2 aromatic heterocycles. The number of carbonyl (C=O) groups is 1. The summed E-state index contributed by atoms with van der Waals surface area (Å²) in [6.45, 7) is 1.79. The second-order valence-corrected chi connectivity index (χ2v) is 8.11. The normalized spacial score (nSPS) is 11.7. The maximum absolute atomic E-state index is 12.9. The Kier molecular flexibility index (Phi) is 6.95. The molecule has 2 N–H and O–H groups in total. The Morgan fingerprint density at radius 2 is 1.67 bits per heavy atom. The number of nitrogens with one attached hydrogen (secondary N) is 2. The van der Waals surface area contributed by atoms with Crippen LogP contribution in [0.1, 0.15) is 34.8 Å². The molecule has 0 saturated carbocycles. The molecule has 7 heteroatoms. The van der Waals surface area contributed by atoms with Crippen molar-refractivity contribution in [3.05, 3.63) is 117 Å². The Balaban J connectivity index is 1.49. The van der Waals surface area contributed by atoms with Crippen LogP contribution in [0.4, 0.5) is 0 Å². The van der Waals surface area contributed by atoms with Crippen LogP contribution >= 0.6 is 11.6 Å². The molecule has 0 radical (unpaired) electrons. The van der Waals surface area contributed by atoms with Gasteiger partial charge in [0.25, 0.3) is 5.56 Å². The number of hydrogen-bond acceptors (Lipinski definition) is 4. The Hall–Kier alpha value is -3.77. The molecule has 4 rings (SSSR count). The van der Waals surface area contributed by atoms with E-state index in [9.17, 15) is 9.59 Å². The molecule has 0 fully saturated rings. The Bertz CT molecular complexity index is 1290. The highest BCUT2D eigenvalue weighted by Gasteiger charge is 2.18. The lowest BCUT2D eigenvalue weighted by atomic mass is 9.98. The minimum absolute atomic E-state index is 0.157. The van der Waals surface area contributed by atoms with Gasteiger partial charge in [0.1, 0.15) is 5.82 Å². The van der Waals surface area contributed by atoms with Gasteiger partial charge in [0.05, 0.1) is 6.04 Å². The predicted molar refractivity (Wildman–Crippen MR) is 129 cm³/mol. The molecule has 0 bridgehead atoms. The SMILES string of the molecule is Cc1nc(-c2ccncc2)[nH]c(=O)c1CCC(=O)NC(c1ccccc1)c1ccc(Cl)cc1. The number of carbonyl (C=O) groups excluding carboxylic acids is 1. The van der Waals surface area contributed by atoms with Crippen LogP contribution < -0.4 is 10.9 Å². The summed E-state index contributed by atoms with van der Waals surface area (Å²) in [5, 5.41) is 3.73. The molecule has 0 aliphatic carbocycles. The van der Waals surface area contributed by atoms with Crippen molar-refractivity contribution in [1.82, 2.24) is 20.3 Å². The van der Waals surface area contributed by atoms with E-state index in [0.29, 0.717) is 28.5 Å². The largest absolute Gasteiger partial charge is 0.345 e. The summed E-state index contributed by atoms with van der Waals surface area (Å²) in [5.74, 6) is 0.329. The van der Waals surface area contributed by atoms with Crippen molar-refractivity contribution in [3.63, 3.8) is 0 Å². The summed E-state index contributed by atoms with van der Waals surface area (Å²) in [6, 6.07) is 20.4. The Morgan fingerprint density at radius 3 is 2.33 bits per heavy atom. The highest BCUT2D eigenvalue weighted by molar-refractivity contribution is 6.30. The smallest absolute Gasteiger partial charge is 0.254 e. The standard InChI is InChI=1S/C26H23ClN4O2/c1-17-22(26(33)31-25(29-17)20-13-15-28-16-14-20)11-12-23(32)30-24(18-5-3-2-4-6-18)19-7-9-21(27)10-8-19/h2-10,13-16,24H,11-12H2,1H3,(H,30,32)(H,29,31,33). The van der Waals surface area contributed by atoms with Gasteiger partial charge in [-0.25, -0.2) is 4.98 Å². The average molecular weight is 459 g/mol. The fourth-order valence-corrected chi connectivity index (χ4v) is 3.81. The molecule has 33 heavy (non-hydrogen) atoms. The van der Waals surface area contributed by atoms with Gasteiger partial charge in [-0.1, -0.05) is 54.1 Å². The van der Waals surface area contributed by atoms with E-state index in [1.807, 2.05) is 42.5 Å². The zero-order valence-corrected chi connectivity index (χ0v) is 18.8. The lowest BCUT2D eigenvalue weighted by Gasteiger charge is -2.20. The van der Waals surface area contributed by atoms with E-state index in [4.69, 9.17) is 11.6 Å². The first-order valence-electron chi connectivity index (χ1n) is 10.6. The lowest BCUT2D eigenvalue weighted by Crippen LogP contribution is -2.30. The minimum atomic E-state index is -0.317. The summed E-state index contributed by atoms with van der Waals surface area (Å²) in [5.41, 5.74) is 3.55. The summed E-state index contributed by atoms with van der Waals surface area (Å²) >= 11 is 6.04. The van der Waals surface area contributed by atoms with Crippen molar-refractivity contribution in [3.8, 4) is 11.4 Å². The molecule has 0 saturated heterocycles. The minimum Gasteiger partial charge on any atom is -0.345 e. The number of hydrogen-bond donors (Lipinski definition) is 2. The lowest BCUT2D eigenvalue weighted by molar-refractivity contribution is -0.121. The van der Waals surface area contributed by atoms with Crippen molar-refractivity contribution in [2.45, 2.75) is 25.8 Å². The third kappa shape index (κ3) is 5.54. The number of aryl methyl sites for hydroxylation is 1. The van der Waals surface area contributed by atoms with Crippen LogP contribution in [0.25, 0.3) is 11.4 Å². The molecule has 0 spiro atoms. The van der Waals surface area contributed by atoms with Crippen molar-refractivity contribution in [1.29, 1.82) is 0 Å². The highest BCUT2D eigenvalue weighted by Crippen LogP contribution is 2.24. The Labute approximate surface area is 196 Å². The number of H-pyrrole nitrogens is 1. The molecule has 1 amide bonds. The van der Waals surface area contributed by atoms with E-state index in [-0.39, 0.29) is 23.9 Å². The number of aromatic amines is 1. The van der Waals surface area contributed by atoms with Crippen molar-refractivity contribution in [2.75, 3.05) is 0 Å². The van der Waals surface area contributed by atoms with Gasteiger partial charge in [0.2, 0.25) is 5.91 Å². The van der Waals surface area contributed by atoms with Crippen LogP contribution in [0.15, 0.2) is 83.9 Å². The molecule has 2 heterocycles. The van der Waals surface area contributed by atoms with Crippen molar-refractivity contribution < 1.29 is 4.79 Å². The average Bonchev–Trinajstić information content (AvgIpc) is 2.83. The number of aromatic nitrogens is 3. The fraction of sp³-hybridized carbons (Fsp3) is 0.154. The van der Waals surface area contributed by atoms with Gasteiger partial charge in [0.15, 0.2) is 0 Å². The van der Waals surface area contributed by atoms with Crippen LogP contribution in [0.5, 0.6) is 0 Å². The van der Waals surface area contributed by atoms with Gasteiger partial charge in [0, 0.05) is 40.7 Å². The second-order valence-electron chi connectivity index (χ2n) is 7.68. The van der Waals surface area contributed by atoms with Crippen LogP contribution in [0, 0.1) is 6.92 Å². The van der Waals surface area contributed by atoms with Gasteiger partial charge < -0.3 is 10.3 Å². The number of pyridine rings is 1. The fourth-order valence-electron chi connectivity index (χ4n) is 3.68. The monoisotopic (exact) mass is 458 g/mol. The van der Waals surface area contributed by atoms with E-state index in [1.165, 1.54) is 0 Å². The first kappa shape index (κ1) is 22.4. The van der Waals surface area contributed by atoms with E-state index in [1.54, 1.807) is 43.6 Å². The molecule has 0 aliphatic heterocycles. The van der Waals surface area contributed by atoms with Crippen LogP contribution in [-0.4, -0.2) is 20.9 Å². The number of amides is 1. The van der Waals surface area contributed by atoms with E-state index >= 15 is 0 Å². The number of benzene rings is 2. The van der Waals surface area contributed by atoms with Crippen molar-refractivity contribution in [2.24, 2.45) is 0 Å². The van der Waals surface area contributed by atoms with E-state index < -0.39 is 0 Å². The molecule has 166 valence electrons. The van der Waals surface area contributed by atoms with Gasteiger partial charge in [-0.3, -0.25) is 14.6 Å². The van der Waals surface area contributed by atoms with E-state index in [2.05, 4.69) is 20.3 Å². The maximum atomic E-state index is 12.9. The number of halogens is 1. The first-order chi connectivity index (χ1) is 16.0. The zero-order chi connectivity index (χ0) is 23.2. The van der Waals surface area contributed by atoms with Gasteiger partial charge in [-0.2, -0.15) is 0 Å². The quantitative estimate of drug-likeness (QED) is 0.422. The first-order valence-corrected chi connectivity index (χ1v) is 11.0. The molecule has 1 atom stereocenters. The second kappa shape index (κ2) is 10.2. The summed E-state index contributed by atoms with van der Waals surface area (Å²) in [6.07, 6.45) is 3.75. The maximum Gasteiger partial charge on any atom is 0.254 e. The molecule has 4 aromatic rings. The van der Waals surface area contributed by atoms with Crippen LogP contribution in [0.3, 0.4) is 0 Å². The number of rotatable bonds is 7. The van der Waals surface area contributed by atoms with E-state index in [0.717, 1.165) is 16.7 Å². The molecular weight excluding hydrogens is 436 g/mol. The van der Waals surface area contributed by atoms with Crippen molar-refractivity contribution >= 4 is 17.5 Å². The van der Waals surface area contributed by atoms with Gasteiger partial charge >= 0.3 is 0 Å². The van der Waals surface area contributed by atoms with Crippen LogP contribution in [-0.2, 0) is 11.2 Å². The molecule has 6 nitrogen and oxygen atoms in total. The Morgan fingerprint density at radius 1 is 1.00 bits per heavy atom. The predicted octanol–water partition coefficient (Wildman–Crippen LogP) is 4.63. The molecule has 1 unspecified atom stereocenters. The van der Waals surface area contributed by atoms with Crippen LogP contribution in [0.2, 0.25) is 5.02 Å². The zero-order valence-electron chi connectivity index (χ0n) is 18.1. The third-order valence-corrected chi connectivity index (χ3v) is 5.67. The molecule has 2 aromatic carbocycles. The molecule has 0 aliphatic rings. The third-order valence-electron chi connectivity index (χ3n) is 5.42. The summed E-state index contributed by atoms with van der Waals surface area (Å²) in [4.78, 5) is 36.9. The summed E-state index contributed by atoms with van der Waals surface area (Å²) in [7, 11) is 0.